The number of hydrogen-bond acceptors (Lipinski definition) is 3. The second kappa shape index (κ2) is 6.53. The first kappa shape index (κ1) is 12.1. The highest BCUT2D eigenvalue weighted by atomic mass is 16.3. The molecule has 15 heavy (non-hydrogen) atoms. The first-order valence-corrected chi connectivity index (χ1v) is 5.52. The molecule has 1 aromatic rings. The van der Waals surface area contributed by atoms with E-state index in [0.717, 1.165) is 12.8 Å². The maximum atomic E-state index is 9.12. The van der Waals surface area contributed by atoms with Gasteiger partial charge in [0.15, 0.2) is 0 Å². The van der Waals surface area contributed by atoms with Gasteiger partial charge in [-0.1, -0.05) is 6.92 Å². The molecule has 0 aromatic carbocycles. The summed E-state index contributed by atoms with van der Waals surface area (Å²) in [4.78, 5) is 4.01. The zero-order chi connectivity index (χ0) is 11.1. The van der Waals surface area contributed by atoms with Crippen LogP contribution in [0.25, 0.3) is 0 Å². The average Bonchev–Trinajstić information content (AvgIpc) is 2.32. The summed E-state index contributed by atoms with van der Waals surface area (Å²) in [6.45, 7) is 2.90. The fourth-order valence-electron chi connectivity index (χ4n) is 1.82. The largest absolute Gasteiger partial charge is 0.396 e. The third kappa shape index (κ3) is 3.61. The summed E-state index contributed by atoms with van der Waals surface area (Å²) >= 11 is 0. The van der Waals surface area contributed by atoms with Crippen LogP contribution < -0.4 is 5.73 Å². The minimum atomic E-state index is 0.179. The molecule has 84 valence electrons. The summed E-state index contributed by atoms with van der Waals surface area (Å²) < 4.78 is 0. The molecule has 0 bridgehead atoms. The van der Waals surface area contributed by atoms with E-state index in [1.165, 1.54) is 5.56 Å². The van der Waals surface area contributed by atoms with Crippen LogP contribution in [0.15, 0.2) is 24.5 Å². The first-order chi connectivity index (χ1) is 7.31. The quantitative estimate of drug-likeness (QED) is 0.745. The Bertz CT molecular complexity index is 260. The van der Waals surface area contributed by atoms with Gasteiger partial charge in [0.1, 0.15) is 0 Å². The number of aliphatic hydroxyl groups is 1. The maximum absolute atomic E-state index is 9.12. The van der Waals surface area contributed by atoms with Crippen LogP contribution >= 0.6 is 0 Å². The lowest BCUT2D eigenvalue weighted by atomic mass is 9.88. The first-order valence-electron chi connectivity index (χ1n) is 5.52. The van der Waals surface area contributed by atoms with Crippen molar-refractivity contribution in [1.82, 2.24) is 4.98 Å². The molecule has 2 unspecified atom stereocenters. The predicted molar refractivity (Wildman–Crippen MR) is 61.5 cm³/mol. The van der Waals surface area contributed by atoms with Crippen LogP contribution in [0.1, 0.15) is 31.2 Å². The number of nitrogens with two attached hydrogens (primary N) is 1. The molecule has 1 rings (SSSR count). The second-order valence-corrected chi connectivity index (χ2v) is 3.91. The number of rotatable bonds is 6. The van der Waals surface area contributed by atoms with Crippen molar-refractivity contribution in [2.75, 3.05) is 13.2 Å². The van der Waals surface area contributed by atoms with Crippen LogP contribution in [0.2, 0.25) is 0 Å². The Labute approximate surface area is 91.3 Å². The number of aromatic nitrogens is 1. The maximum Gasteiger partial charge on any atom is 0.0471 e. The smallest absolute Gasteiger partial charge is 0.0471 e. The van der Waals surface area contributed by atoms with Crippen molar-refractivity contribution >= 4 is 0 Å². The van der Waals surface area contributed by atoms with Crippen LogP contribution in [0.3, 0.4) is 0 Å². The van der Waals surface area contributed by atoms with Crippen molar-refractivity contribution < 1.29 is 5.11 Å². The van der Waals surface area contributed by atoms with E-state index >= 15 is 0 Å². The number of pyridine rings is 1. The molecule has 0 aliphatic carbocycles. The fraction of sp³-hybridized carbons (Fsp3) is 0.583. The summed E-state index contributed by atoms with van der Waals surface area (Å²) in [5, 5.41) is 9.12. The highest BCUT2D eigenvalue weighted by Crippen LogP contribution is 2.25. The van der Waals surface area contributed by atoms with Crippen LogP contribution in [0, 0.1) is 5.92 Å². The molecule has 0 saturated heterocycles. The van der Waals surface area contributed by atoms with Crippen molar-refractivity contribution in [3.63, 3.8) is 0 Å². The van der Waals surface area contributed by atoms with Crippen LogP contribution in [-0.4, -0.2) is 23.2 Å². The van der Waals surface area contributed by atoms with Gasteiger partial charge >= 0.3 is 0 Å². The Balaban J connectivity index is 2.64. The highest BCUT2D eigenvalue weighted by molar-refractivity contribution is 5.15. The van der Waals surface area contributed by atoms with E-state index in [4.69, 9.17) is 10.8 Å². The van der Waals surface area contributed by atoms with Gasteiger partial charge in [-0.25, -0.2) is 0 Å². The minimum absolute atomic E-state index is 0.179. The van der Waals surface area contributed by atoms with E-state index in [9.17, 15) is 0 Å². The summed E-state index contributed by atoms with van der Waals surface area (Å²) in [6.07, 6.45) is 5.65. The molecule has 0 fully saturated rings. The Morgan fingerprint density at radius 2 is 2.07 bits per heavy atom. The summed E-state index contributed by atoms with van der Waals surface area (Å²) in [5.74, 6) is 0.691. The summed E-state index contributed by atoms with van der Waals surface area (Å²) in [7, 11) is 0. The Kier molecular flexibility index (Phi) is 5.29. The number of hydrogen-bond donors (Lipinski definition) is 2. The van der Waals surface area contributed by atoms with Gasteiger partial charge in [-0.2, -0.15) is 0 Å². The molecule has 0 aliphatic heterocycles. The monoisotopic (exact) mass is 208 g/mol. The lowest BCUT2D eigenvalue weighted by Crippen LogP contribution is -2.20. The van der Waals surface area contributed by atoms with E-state index in [2.05, 4.69) is 11.9 Å². The zero-order valence-electron chi connectivity index (χ0n) is 9.26. The van der Waals surface area contributed by atoms with Gasteiger partial charge in [-0.3, -0.25) is 4.98 Å². The fourth-order valence-corrected chi connectivity index (χ4v) is 1.82. The molecule has 2 atom stereocenters. The molecule has 3 N–H and O–H groups in total. The van der Waals surface area contributed by atoms with Crippen LogP contribution in [0.5, 0.6) is 0 Å². The lowest BCUT2D eigenvalue weighted by molar-refractivity contribution is 0.214. The van der Waals surface area contributed by atoms with Crippen molar-refractivity contribution in [1.29, 1.82) is 0 Å². The van der Waals surface area contributed by atoms with Gasteiger partial charge in [0, 0.05) is 19.0 Å². The van der Waals surface area contributed by atoms with Gasteiger partial charge in [0.05, 0.1) is 0 Å². The molecule has 3 heteroatoms. The molecule has 0 aliphatic rings. The topological polar surface area (TPSA) is 59.1 Å². The standard InChI is InChI=1S/C12H20N2O/c1-2-11(7-10(8-13)9-15)12-3-5-14-6-4-12/h3-6,10-11,15H,2,7-9,13H2,1H3. The van der Waals surface area contributed by atoms with Gasteiger partial charge in [0.25, 0.3) is 0 Å². The van der Waals surface area contributed by atoms with Crippen molar-refractivity contribution in [3.05, 3.63) is 30.1 Å². The predicted octanol–water partition coefficient (Wildman–Crippen LogP) is 1.53. The van der Waals surface area contributed by atoms with E-state index in [1.54, 1.807) is 0 Å². The van der Waals surface area contributed by atoms with E-state index in [0.29, 0.717) is 12.5 Å². The van der Waals surface area contributed by atoms with Crippen molar-refractivity contribution in [3.8, 4) is 0 Å². The summed E-state index contributed by atoms with van der Waals surface area (Å²) in [6, 6.07) is 4.08. The van der Waals surface area contributed by atoms with Crippen LogP contribution in [-0.2, 0) is 0 Å². The van der Waals surface area contributed by atoms with Crippen molar-refractivity contribution in [2.45, 2.75) is 25.7 Å². The molecule has 1 heterocycles. The number of nitrogens with zero attached hydrogens (tertiary/aromatic N) is 1. The molecule has 0 amide bonds. The molecule has 3 nitrogen and oxygen atoms in total. The minimum Gasteiger partial charge on any atom is -0.396 e. The third-order valence-electron chi connectivity index (χ3n) is 2.88. The van der Waals surface area contributed by atoms with Gasteiger partial charge in [0.2, 0.25) is 0 Å². The molecular formula is C12H20N2O. The van der Waals surface area contributed by atoms with Gasteiger partial charge in [-0.05, 0) is 48.9 Å². The lowest BCUT2D eigenvalue weighted by Gasteiger charge is -2.20. The average molecular weight is 208 g/mol. The molecule has 0 saturated carbocycles. The second-order valence-electron chi connectivity index (χ2n) is 3.91. The molecule has 1 aromatic heterocycles. The molecule has 0 spiro atoms. The third-order valence-corrected chi connectivity index (χ3v) is 2.88. The highest BCUT2D eigenvalue weighted by Gasteiger charge is 2.14. The van der Waals surface area contributed by atoms with Crippen molar-refractivity contribution in [2.24, 2.45) is 11.7 Å². The molecular weight excluding hydrogens is 188 g/mol. The van der Waals surface area contributed by atoms with E-state index < -0.39 is 0 Å². The SMILES string of the molecule is CCC(CC(CN)CO)c1ccncc1. The van der Waals surface area contributed by atoms with Crippen LogP contribution in [0.4, 0.5) is 0 Å². The van der Waals surface area contributed by atoms with E-state index in [-0.39, 0.29) is 12.5 Å². The van der Waals surface area contributed by atoms with E-state index in [1.807, 2.05) is 24.5 Å². The normalized spacial score (nSPS) is 14.9. The Morgan fingerprint density at radius 1 is 1.40 bits per heavy atom. The zero-order valence-corrected chi connectivity index (χ0v) is 9.26. The molecule has 0 radical (unpaired) electrons. The Morgan fingerprint density at radius 3 is 2.53 bits per heavy atom. The summed E-state index contributed by atoms with van der Waals surface area (Å²) in [5.41, 5.74) is 6.88. The van der Waals surface area contributed by atoms with Gasteiger partial charge < -0.3 is 10.8 Å². The van der Waals surface area contributed by atoms with Gasteiger partial charge in [-0.15, -0.1) is 0 Å². The Hall–Kier alpha value is -0.930. The number of aliphatic hydroxyl groups excluding tert-OH is 1.